The molecule has 0 fully saturated rings. The normalized spacial score (nSPS) is 14.5. The lowest BCUT2D eigenvalue weighted by Gasteiger charge is -2.26. The summed E-state index contributed by atoms with van der Waals surface area (Å²) in [4.78, 5) is 69.0. The summed E-state index contributed by atoms with van der Waals surface area (Å²) in [6, 6.07) is 1.86. The lowest BCUT2D eigenvalue weighted by molar-refractivity contribution is -0.143. The Morgan fingerprint density at radius 2 is 1.62 bits per heavy atom. The van der Waals surface area contributed by atoms with E-state index in [0.717, 1.165) is 10.9 Å². The molecule has 0 bridgehead atoms. The second-order valence-electron chi connectivity index (χ2n) is 9.81. The number of aromatic nitrogens is 1. The minimum Gasteiger partial charge on any atom is -0.480 e. The number of rotatable bonds is 17. The zero-order valence-corrected chi connectivity index (χ0v) is 23.2. The second-order valence-corrected chi connectivity index (χ2v) is 9.81. The van der Waals surface area contributed by atoms with Gasteiger partial charge in [0.15, 0.2) is 5.96 Å². The number of nitrogens with two attached hydrogens (primary N) is 4. The zero-order chi connectivity index (χ0) is 31.4. The number of hydrogen-bond donors (Lipinski definition) is 10. The van der Waals surface area contributed by atoms with Gasteiger partial charge in [0.25, 0.3) is 0 Å². The Labute approximate surface area is 241 Å². The molecular formula is C26H39N9O7. The minimum absolute atomic E-state index is 0.0794. The van der Waals surface area contributed by atoms with Gasteiger partial charge in [-0.15, -0.1) is 0 Å². The summed E-state index contributed by atoms with van der Waals surface area (Å²) in [5.74, 6) is -4.78. The Balaban J connectivity index is 2.11. The SMILES string of the molecule is CC(O)C(NC(=O)C(CCC(N)=O)NC(=O)C(N)CCCN=C(N)N)C(=O)NC(Cc1c[nH]c2ccccc12)C(=O)O. The van der Waals surface area contributed by atoms with Crippen LogP contribution in [0.4, 0.5) is 0 Å². The topological polar surface area (TPSA) is 294 Å². The number of hydrogen-bond acceptors (Lipinski definition) is 8. The highest BCUT2D eigenvalue weighted by molar-refractivity contribution is 5.95. The van der Waals surface area contributed by atoms with Crippen LogP contribution in [0.15, 0.2) is 35.5 Å². The van der Waals surface area contributed by atoms with E-state index in [1.807, 2.05) is 12.1 Å². The average molecular weight is 590 g/mol. The van der Waals surface area contributed by atoms with Crippen molar-refractivity contribution in [3.63, 3.8) is 0 Å². The second kappa shape index (κ2) is 15.9. The molecule has 0 aliphatic carbocycles. The largest absolute Gasteiger partial charge is 0.480 e. The number of benzene rings is 1. The summed E-state index contributed by atoms with van der Waals surface area (Å²) in [7, 11) is 0. The van der Waals surface area contributed by atoms with E-state index in [9.17, 15) is 34.2 Å². The summed E-state index contributed by atoms with van der Waals surface area (Å²) in [5, 5.41) is 27.9. The van der Waals surface area contributed by atoms with Crippen LogP contribution in [0.2, 0.25) is 0 Å². The molecule has 4 amide bonds. The maximum Gasteiger partial charge on any atom is 0.326 e. The number of aliphatic carboxylic acids is 1. The van der Waals surface area contributed by atoms with Crippen molar-refractivity contribution in [3.8, 4) is 0 Å². The number of H-pyrrole nitrogens is 1. The summed E-state index contributed by atoms with van der Waals surface area (Å²) < 4.78 is 0. The molecule has 0 aliphatic heterocycles. The van der Waals surface area contributed by atoms with Crippen molar-refractivity contribution in [3.05, 3.63) is 36.0 Å². The van der Waals surface area contributed by atoms with E-state index in [4.69, 9.17) is 22.9 Å². The molecule has 1 aromatic heterocycles. The Hall–Kier alpha value is -4.70. The predicted molar refractivity (Wildman–Crippen MR) is 153 cm³/mol. The van der Waals surface area contributed by atoms with Gasteiger partial charge in [-0.05, 0) is 37.8 Å². The van der Waals surface area contributed by atoms with Gasteiger partial charge in [-0.2, -0.15) is 0 Å². The number of nitrogens with one attached hydrogen (secondary N) is 4. The smallest absolute Gasteiger partial charge is 0.326 e. The van der Waals surface area contributed by atoms with E-state index in [2.05, 4.69) is 25.9 Å². The van der Waals surface area contributed by atoms with Crippen molar-refractivity contribution < 1.29 is 34.2 Å². The van der Waals surface area contributed by atoms with Gasteiger partial charge >= 0.3 is 5.97 Å². The third-order valence-corrected chi connectivity index (χ3v) is 6.39. The van der Waals surface area contributed by atoms with Crippen LogP contribution in [-0.4, -0.2) is 87.6 Å². The highest BCUT2D eigenvalue weighted by Gasteiger charge is 2.33. The molecule has 16 heteroatoms. The number of aliphatic hydroxyl groups excluding tert-OH is 1. The Kier molecular flexibility index (Phi) is 12.7. The van der Waals surface area contributed by atoms with E-state index in [1.165, 1.54) is 6.92 Å². The van der Waals surface area contributed by atoms with Gasteiger partial charge < -0.3 is 54.1 Å². The van der Waals surface area contributed by atoms with Gasteiger partial charge in [0, 0.05) is 36.5 Å². The number of fused-ring (bicyclic) bond motifs is 1. The first-order valence-electron chi connectivity index (χ1n) is 13.3. The number of carbonyl (C=O) groups is 5. The van der Waals surface area contributed by atoms with Crippen LogP contribution in [0.25, 0.3) is 10.9 Å². The fraction of sp³-hybridized carbons (Fsp3) is 0.462. The highest BCUT2D eigenvalue weighted by atomic mass is 16.4. The molecule has 0 radical (unpaired) electrons. The third-order valence-electron chi connectivity index (χ3n) is 6.39. The molecule has 0 aliphatic rings. The van der Waals surface area contributed by atoms with Crippen LogP contribution < -0.4 is 38.9 Å². The van der Waals surface area contributed by atoms with Gasteiger partial charge in [-0.3, -0.25) is 24.2 Å². The van der Waals surface area contributed by atoms with E-state index in [0.29, 0.717) is 12.0 Å². The van der Waals surface area contributed by atoms with Crippen LogP contribution in [0, 0.1) is 0 Å². The van der Waals surface area contributed by atoms with Crippen LogP contribution in [0.1, 0.15) is 38.2 Å². The predicted octanol–water partition coefficient (Wildman–Crippen LogP) is -2.72. The number of carbonyl (C=O) groups excluding carboxylic acids is 4. The van der Waals surface area contributed by atoms with Crippen molar-refractivity contribution >= 4 is 46.5 Å². The lowest BCUT2D eigenvalue weighted by Crippen LogP contribution is -2.60. The van der Waals surface area contributed by atoms with Crippen molar-refractivity contribution in [2.45, 2.75) is 69.3 Å². The molecule has 230 valence electrons. The number of aromatic amines is 1. The standard InChI is InChI=1S/C26H39N9O7/c1-13(36)21(24(40)34-19(25(41)42)11-14-12-32-17-7-3-2-5-15(14)17)35-23(39)18(8-9-20(28)37)33-22(38)16(27)6-4-10-31-26(29)30/h2-3,5,7,12-13,16,18-19,21,32,36H,4,6,8-11,27H2,1H3,(H2,28,37)(H,33,38)(H,34,40)(H,35,39)(H,41,42)(H4,29,30,31). The van der Waals surface area contributed by atoms with E-state index in [1.54, 1.807) is 18.3 Å². The van der Waals surface area contributed by atoms with E-state index < -0.39 is 59.9 Å². The van der Waals surface area contributed by atoms with Crippen LogP contribution in [0.5, 0.6) is 0 Å². The van der Waals surface area contributed by atoms with Gasteiger partial charge in [-0.1, -0.05) is 18.2 Å². The van der Waals surface area contributed by atoms with Crippen LogP contribution in [-0.2, 0) is 30.4 Å². The molecule has 0 spiro atoms. The number of carboxylic acids is 1. The first kappa shape index (κ1) is 33.5. The Bertz CT molecular complexity index is 1290. The maximum absolute atomic E-state index is 13.1. The Morgan fingerprint density at radius 1 is 0.952 bits per heavy atom. The fourth-order valence-corrected chi connectivity index (χ4v) is 4.13. The van der Waals surface area contributed by atoms with Gasteiger partial charge in [0.1, 0.15) is 18.1 Å². The highest BCUT2D eigenvalue weighted by Crippen LogP contribution is 2.19. The Morgan fingerprint density at radius 3 is 2.24 bits per heavy atom. The molecule has 0 saturated heterocycles. The summed E-state index contributed by atoms with van der Waals surface area (Å²) >= 11 is 0. The molecular weight excluding hydrogens is 550 g/mol. The molecule has 42 heavy (non-hydrogen) atoms. The number of aliphatic hydroxyl groups is 1. The number of guanidine groups is 1. The molecule has 16 nitrogen and oxygen atoms in total. The molecule has 1 heterocycles. The number of carboxylic acid groups (broad SMARTS) is 1. The molecule has 14 N–H and O–H groups in total. The number of aliphatic imine (C=N–C) groups is 1. The lowest BCUT2D eigenvalue weighted by atomic mass is 10.0. The maximum atomic E-state index is 13.1. The molecule has 0 saturated carbocycles. The number of para-hydroxylation sites is 1. The van der Waals surface area contributed by atoms with Crippen molar-refractivity contribution in [2.75, 3.05) is 6.54 Å². The average Bonchev–Trinajstić information content (AvgIpc) is 3.33. The third kappa shape index (κ3) is 10.4. The van der Waals surface area contributed by atoms with E-state index >= 15 is 0 Å². The first-order valence-corrected chi connectivity index (χ1v) is 13.3. The van der Waals surface area contributed by atoms with E-state index in [-0.39, 0.29) is 38.2 Å². The van der Waals surface area contributed by atoms with Crippen LogP contribution >= 0.6 is 0 Å². The molecule has 2 aromatic rings. The molecule has 5 atom stereocenters. The van der Waals surface area contributed by atoms with Crippen LogP contribution in [0.3, 0.4) is 0 Å². The first-order chi connectivity index (χ1) is 19.8. The number of amides is 4. The van der Waals surface area contributed by atoms with Gasteiger partial charge in [0.2, 0.25) is 23.6 Å². The van der Waals surface area contributed by atoms with Crippen molar-refractivity contribution in [2.24, 2.45) is 27.9 Å². The van der Waals surface area contributed by atoms with Crippen molar-refractivity contribution in [1.29, 1.82) is 0 Å². The number of nitrogens with zero attached hydrogens (tertiary/aromatic N) is 1. The summed E-state index contributed by atoms with van der Waals surface area (Å²) in [6.45, 7) is 1.46. The minimum atomic E-state index is -1.59. The monoisotopic (exact) mass is 589 g/mol. The molecule has 5 unspecified atom stereocenters. The summed E-state index contributed by atoms with van der Waals surface area (Å²) in [5.41, 5.74) is 23.0. The van der Waals surface area contributed by atoms with Gasteiger partial charge in [0.05, 0.1) is 12.1 Å². The number of primary amides is 1. The quantitative estimate of drug-likeness (QED) is 0.0516. The fourth-order valence-electron chi connectivity index (χ4n) is 4.13. The molecule has 2 rings (SSSR count). The summed E-state index contributed by atoms with van der Waals surface area (Å²) in [6.07, 6.45) is 0.149. The van der Waals surface area contributed by atoms with Gasteiger partial charge in [-0.25, -0.2) is 4.79 Å². The molecule has 1 aromatic carbocycles. The zero-order valence-electron chi connectivity index (χ0n) is 23.2. The van der Waals surface area contributed by atoms with Crippen molar-refractivity contribution in [1.82, 2.24) is 20.9 Å².